The van der Waals surface area contributed by atoms with E-state index in [4.69, 9.17) is 15.2 Å². The second-order valence-electron chi connectivity index (χ2n) is 4.03. The van der Waals surface area contributed by atoms with E-state index < -0.39 is 0 Å². The highest BCUT2D eigenvalue weighted by Crippen LogP contribution is 2.17. The van der Waals surface area contributed by atoms with Crippen LogP contribution in [0.5, 0.6) is 11.5 Å². The topological polar surface area (TPSA) is 44.5 Å². The first-order chi connectivity index (χ1) is 8.78. The van der Waals surface area contributed by atoms with Gasteiger partial charge in [0, 0.05) is 17.3 Å². The Balaban J connectivity index is 1.79. The second kappa shape index (κ2) is 6.42. The highest BCUT2D eigenvalue weighted by atomic mass is 32.1. The predicted octanol–water partition coefficient (Wildman–Crippen LogP) is 2.71. The molecule has 96 valence electrons. The van der Waals surface area contributed by atoms with Crippen LogP contribution >= 0.6 is 11.3 Å². The molecule has 1 aromatic heterocycles. The molecule has 0 bridgehead atoms. The van der Waals surface area contributed by atoms with Crippen LogP contribution in [-0.2, 0) is 6.42 Å². The molecule has 0 spiro atoms. The third kappa shape index (κ3) is 3.75. The first-order valence-electron chi connectivity index (χ1n) is 5.83. The van der Waals surface area contributed by atoms with Gasteiger partial charge in [0.2, 0.25) is 0 Å². The number of ether oxygens (including phenoxy) is 2. The highest BCUT2D eigenvalue weighted by Gasteiger charge is 2.06. The molecule has 0 saturated heterocycles. The van der Waals surface area contributed by atoms with Crippen LogP contribution < -0.4 is 15.2 Å². The van der Waals surface area contributed by atoms with E-state index in [2.05, 4.69) is 11.4 Å². The van der Waals surface area contributed by atoms with E-state index in [-0.39, 0.29) is 6.04 Å². The quantitative estimate of drug-likeness (QED) is 0.871. The van der Waals surface area contributed by atoms with Crippen molar-refractivity contribution in [3.05, 3.63) is 46.7 Å². The summed E-state index contributed by atoms with van der Waals surface area (Å²) in [6, 6.07) is 11.7. The van der Waals surface area contributed by atoms with E-state index in [9.17, 15) is 0 Å². The van der Waals surface area contributed by atoms with Gasteiger partial charge in [-0.1, -0.05) is 6.07 Å². The van der Waals surface area contributed by atoms with Gasteiger partial charge in [0.25, 0.3) is 0 Å². The van der Waals surface area contributed by atoms with Crippen LogP contribution in [0.15, 0.2) is 41.8 Å². The molecule has 1 aromatic carbocycles. The van der Waals surface area contributed by atoms with Crippen molar-refractivity contribution in [3.8, 4) is 11.5 Å². The van der Waals surface area contributed by atoms with Gasteiger partial charge < -0.3 is 15.2 Å². The van der Waals surface area contributed by atoms with E-state index in [1.165, 1.54) is 4.88 Å². The zero-order valence-electron chi connectivity index (χ0n) is 10.3. The number of hydrogen-bond donors (Lipinski definition) is 1. The molecular formula is C14H17NO2S. The van der Waals surface area contributed by atoms with Gasteiger partial charge in [-0.25, -0.2) is 0 Å². The van der Waals surface area contributed by atoms with Crippen molar-refractivity contribution >= 4 is 11.3 Å². The lowest BCUT2D eigenvalue weighted by molar-refractivity contribution is 0.287. The van der Waals surface area contributed by atoms with Crippen LogP contribution in [0, 0.1) is 0 Å². The van der Waals surface area contributed by atoms with Crippen molar-refractivity contribution in [2.24, 2.45) is 5.73 Å². The van der Waals surface area contributed by atoms with Crippen LogP contribution in [0.2, 0.25) is 0 Å². The molecule has 0 fully saturated rings. The number of hydrogen-bond acceptors (Lipinski definition) is 4. The van der Waals surface area contributed by atoms with E-state index in [1.54, 1.807) is 18.4 Å². The van der Waals surface area contributed by atoms with Gasteiger partial charge >= 0.3 is 0 Å². The Morgan fingerprint density at radius 3 is 2.50 bits per heavy atom. The molecule has 1 unspecified atom stereocenters. The Bertz CT molecular complexity index is 453. The van der Waals surface area contributed by atoms with Crippen LogP contribution in [0.1, 0.15) is 4.88 Å². The fourth-order valence-corrected chi connectivity index (χ4v) is 2.42. The van der Waals surface area contributed by atoms with Crippen molar-refractivity contribution in [3.63, 3.8) is 0 Å². The second-order valence-corrected chi connectivity index (χ2v) is 5.06. The van der Waals surface area contributed by atoms with Crippen molar-refractivity contribution in [2.75, 3.05) is 13.7 Å². The molecule has 4 heteroatoms. The molecule has 0 aliphatic heterocycles. The van der Waals surface area contributed by atoms with Crippen molar-refractivity contribution in [2.45, 2.75) is 12.5 Å². The molecule has 2 N–H and O–H groups in total. The third-order valence-corrected chi connectivity index (χ3v) is 3.47. The van der Waals surface area contributed by atoms with Gasteiger partial charge in [0.05, 0.1) is 7.11 Å². The third-order valence-electron chi connectivity index (χ3n) is 2.57. The molecule has 3 nitrogen and oxygen atoms in total. The number of rotatable bonds is 6. The number of thiophene rings is 1. The number of methoxy groups -OCH3 is 1. The summed E-state index contributed by atoms with van der Waals surface area (Å²) >= 11 is 1.73. The summed E-state index contributed by atoms with van der Waals surface area (Å²) in [6.07, 6.45) is 0.855. The standard InChI is InChI=1S/C14H17NO2S/c1-16-12-4-6-13(7-5-12)17-10-11(15)9-14-3-2-8-18-14/h2-8,11H,9-10,15H2,1H3. The Morgan fingerprint density at radius 1 is 1.17 bits per heavy atom. The first kappa shape index (κ1) is 12.9. The van der Waals surface area contributed by atoms with Crippen LogP contribution in [-0.4, -0.2) is 19.8 Å². The van der Waals surface area contributed by atoms with Gasteiger partial charge in [-0.2, -0.15) is 0 Å². The summed E-state index contributed by atoms with van der Waals surface area (Å²) in [5, 5.41) is 2.06. The van der Waals surface area contributed by atoms with Crippen LogP contribution in [0.25, 0.3) is 0 Å². The molecule has 18 heavy (non-hydrogen) atoms. The molecular weight excluding hydrogens is 246 g/mol. The maximum atomic E-state index is 6.03. The SMILES string of the molecule is COc1ccc(OCC(N)Cc2cccs2)cc1. The average Bonchev–Trinajstić information content (AvgIpc) is 2.90. The molecule has 2 aromatic rings. The average molecular weight is 263 g/mol. The minimum absolute atomic E-state index is 0.0192. The van der Waals surface area contributed by atoms with Gasteiger partial charge in [0.1, 0.15) is 18.1 Å². The Kier molecular flexibility index (Phi) is 4.61. The van der Waals surface area contributed by atoms with E-state index in [0.29, 0.717) is 6.61 Å². The first-order valence-corrected chi connectivity index (χ1v) is 6.70. The summed E-state index contributed by atoms with van der Waals surface area (Å²) < 4.78 is 10.7. The van der Waals surface area contributed by atoms with Gasteiger partial charge in [-0.05, 0) is 35.7 Å². The molecule has 0 radical (unpaired) electrons. The maximum Gasteiger partial charge on any atom is 0.119 e. The summed E-state index contributed by atoms with van der Waals surface area (Å²) in [6.45, 7) is 0.518. The zero-order valence-corrected chi connectivity index (χ0v) is 11.2. The smallest absolute Gasteiger partial charge is 0.119 e. The molecule has 2 rings (SSSR count). The molecule has 1 atom stereocenters. The predicted molar refractivity (Wildman–Crippen MR) is 74.5 cm³/mol. The Morgan fingerprint density at radius 2 is 1.89 bits per heavy atom. The molecule has 0 saturated carbocycles. The number of nitrogens with two attached hydrogens (primary N) is 1. The van der Waals surface area contributed by atoms with Gasteiger partial charge in [0.15, 0.2) is 0 Å². The Hall–Kier alpha value is -1.52. The molecule has 0 aliphatic carbocycles. The fraction of sp³-hybridized carbons (Fsp3) is 0.286. The van der Waals surface area contributed by atoms with Gasteiger partial charge in [-0.3, -0.25) is 0 Å². The summed E-state index contributed by atoms with van der Waals surface area (Å²) in [5.74, 6) is 1.64. The lowest BCUT2D eigenvalue weighted by Crippen LogP contribution is -2.29. The fourth-order valence-electron chi connectivity index (χ4n) is 1.62. The molecule has 1 heterocycles. The van der Waals surface area contributed by atoms with Crippen LogP contribution in [0.3, 0.4) is 0 Å². The minimum Gasteiger partial charge on any atom is -0.497 e. The lowest BCUT2D eigenvalue weighted by atomic mass is 10.2. The highest BCUT2D eigenvalue weighted by molar-refractivity contribution is 7.09. The van der Waals surface area contributed by atoms with E-state index >= 15 is 0 Å². The van der Waals surface area contributed by atoms with E-state index in [0.717, 1.165) is 17.9 Å². The number of benzene rings is 1. The maximum absolute atomic E-state index is 6.03. The summed E-state index contributed by atoms with van der Waals surface area (Å²) in [4.78, 5) is 1.29. The molecule has 0 amide bonds. The minimum atomic E-state index is 0.0192. The van der Waals surface area contributed by atoms with Crippen LogP contribution in [0.4, 0.5) is 0 Å². The van der Waals surface area contributed by atoms with Crippen molar-refractivity contribution in [1.29, 1.82) is 0 Å². The summed E-state index contributed by atoms with van der Waals surface area (Å²) in [7, 11) is 1.65. The van der Waals surface area contributed by atoms with Crippen molar-refractivity contribution in [1.82, 2.24) is 0 Å². The largest absolute Gasteiger partial charge is 0.497 e. The zero-order chi connectivity index (χ0) is 12.8. The summed E-state index contributed by atoms with van der Waals surface area (Å²) in [5.41, 5.74) is 6.03. The normalized spacial score (nSPS) is 12.1. The van der Waals surface area contributed by atoms with Crippen molar-refractivity contribution < 1.29 is 9.47 Å². The lowest BCUT2D eigenvalue weighted by Gasteiger charge is -2.12. The van der Waals surface area contributed by atoms with E-state index in [1.807, 2.05) is 30.3 Å². The molecule has 0 aliphatic rings. The Labute approximate surface area is 111 Å². The van der Waals surface area contributed by atoms with Gasteiger partial charge in [-0.15, -0.1) is 11.3 Å². The monoisotopic (exact) mass is 263 g/mol.